The zero-order valence-electron chi connectivity index (χ0n) is 33.4. The fourth-order valence-corrected chi connectivity index (χ4v) is 5.76. The molecule has 18 nitrogen and oxygen atoms in total. The van der Waals surface area contributed by atoms with E-state index in [4.69, 9.17) is 24.1 Å². The summed E-state index contributed by atoms with van der Waals surface area (Å²) in [4.78, 5) is 83.1. The van der Waals surface area contributed by atoms with Crippen molar-refractivity contribution in [3.63, 3.8) is 0 Å². The molecule has 3 unspecified atom stereocenters. The van der Waals surface area contributed by atoms with Crippen LogP contribution in [0.3, 0.4) is 0 Å². The van der Waals surface area contributed by atoms with Crippen molar-refractivity contribution in [3.8, 4) is 11.1 Å². The van der Waals surface area contributed by atoms with Crippen LogP contribution in [0.2, 0.25) is 0 Å². The van der Waals surface area contributed by atoms with Gasteiger partial charge in [-0.25, -0.2) is 14.4 Å². The summed E-state index contributed by atoms with van der Waals surface area (Å²) in [5.41, 5.74) is 1.25. The van der Waals surface area contributed by atoms with Crippen LogP contribution in [0.15, 0.2) is 63.7 Å². The molecule has 0 aliphatic heterocycles. The van der Waals surface area contributed by atoms with Gasteiger partial charge in [0.2, 0.25) is 0 Å². The molecule has 0 amide bonds. The molecule has 0 aliphatic rings. The van der Waals surface area contributed by atoms with Crippen LogP contribution in [0.1, 0.15) is 120 Å². The van der Waals surface area contributed by atoms with Gasteiger partial charge in [0, 0.05) is 12.2 Å². The highest BCUT2D eigenvalue weighted by Gasteiger charge is 2.20. The average Bonchev–Trinajstić information content (AvgIpc) is 3.26. The van der Waals surface area contributed by atoms with Gasteiger partial charge in [0.05, 0.1) is 56.3 Å². The Labute approximate surface area is 342 Å². The molecule has 2 aromatic rings. The molecule has 0 aliphatic carbocycles. The maximum absolute atomic E-state index is 13.4. The van der Waals surface area contributed by atoms with Crippen molar-refractivity contribution in [2.24, 2.45) is 20.7 Å². The first kappa shape index (κ1) is 49.8. The van der Waals surface area contributed by atoms with Gasteiger partial charge in [-0.15, -0.1) is 0 Å². The molecule has 2 aromatic carbocycles. The van der Waals surface area contributed by atoms with Crippen LogP contribution in [-0.4, -0.2) is 104 Å². The Morgan fingerprint density at radius 2 is 0.864 bits per heavy atom. The van der Waals surface area contributed by atoms with E-state index in [0.29, 0.717) is 87.3 Å². The van der Waals surface area contributed by atoms with E-state index >= 15 is 0 Å². The van der Waals surface area contributed by atoms with Gasteiger partial charge >= 0.3 is 17.9 Å². The van der Waals surface area contributed by atoms with E-state index in [-0.39, 0.29) is 75.2 Å². The highest BCUT2D eigenvalue weighted by atomic mass is 16.5. The number of benzene rings is 2. The Kier molecular flexibility index (Phi) is 25.2. The second-order valence-corrected chi connectivity index (χ2v) is 13.9. The molecule has 0 heterocycles. The first-order chi connectivity index (χ1) is 28.6. The normalized spacial score (nSPS) is 12.4. The van der Waals surface area contributed by atoms with Gasteiger partial charge in [-0.2, -0.15) is 19.6 Å². The molecule has 0 aromatic heterocycles. The van der Waals surface area contributed by atoms with Gasteiger partial charge in [-0.05, 0) is 125 Å². The smallest absolute Gasteiger partial charge is 0.338 e. The number of rotatable bonds is 34. The van der Waals surface area contributed by atoms with Crippen LogP contribution in [0, 0.1) is 19.6 Å². The fraction of sp³-hybridized carbons (Fsp3) is 0.585. The maximum Gasteiger partial charge on any atom is 0.338 e. The molecular formula is C41H56N4O14. The second kappa shape index (κ2) is 29.8. The molecule has 2 rings (SSSR count). The fourth-order valence-electron chi connectivity index (χ4n) is 5.76. The van der Waals surface area contributed by atoms with Crippen LogP contribution in [0.5, 0.6) is 0 Å². The van der Waals surface area contributed by atoms with E-state index in [1.165, 1.54) is 30.3 Å². The molecule has 324 valence electrons. The predicted octanol–water partition coefficient (Wildman–Crippen LogP) is 7.03. The SMILES string of the molecule is C=C(OCCCCC(CN=O)N=O)c1cc(C(=O)OCCCCC(CO)N=O)cc(-c2cc(C(=O)OCCCCCCO)cc(C(=O)OCCCCC(CO)N=O)c2)c1. The summed E-state index contributed by atoms with van der Waals surface area (Å²) in [5.74, 6) is -1.97. The van der Waals surface area contributed by atoms with Crippen molar-refractivity contribution in [1.29, 1.82) is 0 Å². The predicted molar refractivity (Wildman–Crippen MR) is 218 cm³/mol. The van der Waals surface area contributed by atoms with E-state index in [2.05, 4.69) is 27.3 Å². The van der Waals surface area contributed by atoms with Gasteiger partial charge in [-0.1, -0.05) is 33.7 Å². The average molecular weight is 829 g/mol. The van der Waals surface area contributed by atoms with Crippen molar-refractivity contribution >= 4 is 23.7 Å². The maximum atomic E-state index is 13.4. The lowest BCUT2D eigenvalue weighted by Gasteiger charge is -2.15. The van der Waals surface area contributed by atoms with Gasteiger partial charge in [-0.3, -0.25) is 0 Å². The van der Waals surface area contributed by atoms with Gasteiger partial charge < -0.3 is 34.3 Å². The summed E-state index contributed by atoms with van der Waals surface area (Å²) >= 11 is 0. The lowest BCUT2D eigenvalue weighted by Crippen LogP contribution is -2.12. The van der Waals surface area contributed by atoms with Crippen molar-refractivity contribution in [2.75, 3.05) is 52.8 Å². The number of carbonyl (C=O) groups is 3. The van der Waals surface area contributed by atoms with Crippen LogP contribution in [-0.2, 0) is 18.9 Å². The standard InChI is InChI=1S/C41H56N4O14/c1-29(56-16-9-4-12-36(43-53)26-42-52)30-20-31(22-33(21-30)39(49)58-18-10-5-13-37(27-47)44-54)32-23-34(40(50)57-17-8-3-2-7-15-46)25-35(24-32)41(51)59-19-11-6-14-38(28-48)45-55/h20-25,36-38,46-48H,1-19,26-28H2. The summed E-state index contributed by atoms with van der Waals surface area (Å²) < 4.78 is 22.4. The van der Waals surface area contributed by atoms with E-state index in [9.17, 15) is 44.2 Å². The molecule has 0 saturated carbocycles. The Hall–Kier alpha value is -5.33. The molecule has 0 saturated heterocycles. The molecule has 18 heteroatoms. The van der Waals surface area contributed by atoms with Crippen LogP contribution in [0.25, 0.3) is 16.9 Å². The molecule has 3 N–H and O–H groups in total. The minimum atomic E-state index is -0.749. The number of unbranched alkanes of at least 4 members (excludes halogenated alkanes) is 6. The molecular weight excluding hydrogens is 772 g/mol. The number of aliphatic hydroxyl groups is 3. The molecule has 3 atom stereocenters. The summed E-state index contributed by atoms with van der Waals surface area (Å²) in [5, 5.41) is 38.8. The molecule has 0 spiro atoms. The third-order valence-electron chi connectivity index (χ3n) is 9.21. The summed E-state index contributed by atoms with van der Waals surface area (Å²) in [6.45, 7) is 3.40. The number of carbonyl (C=O) groups excluding carboxylic acids is 3. The van der Waals surface area contributed by atoms with Crippen molar-refractivity contribution < 1.29 is 48.7 Å². The van der Waals surface area contributed by atoms with E-state index < -0.39 is 36.0 Å². The third kappa shape index (κ3) is 19.3. The van der Waals surface area contributed by atoms with Crippen LogP contribution < -0.4 is 0 Å². The number of ether oxygens (including phenoxy) is 4. The quantitative estimate of drug-likeness (QED) is 0.0210. The third-order valence-corrected chi connectivity index (χ3v) is 9.21. The number of nitroso groups, excluding NO2 is 4. The van der Waals surface area contributed by atoms with Gasteiger partial charge in [0.25, 0.3) is 0 Å². The Morgan fingerprint density at radius 1 is 0.492 bits per heavy atom. The Balaban J connectivity index is 2.43. The second-order valence-electron chi connectivity index (χ2n) is 13.9. The van der Waals surface area contributed by atoms with Crippen molar-refractivity contribution in [1.82, 2.24) is 0 Å². The monoisotopic (exact) mass is 828 g/mol. The summed E-state index contributed by atoms with van der Waals surface area (Å²) in [6, 6.07) is 6.81. The van der Waals surface area contributed by atoms with E-state index in [1.807, 2.05) is 0 Å². The topological polar surface area (TPSA) is 267 Å². The molecule has 0 radical (unpaired) electrons. The van der Waals surface area contributed by atoms with Crippen LogP contribution >= 0.6 is 0 Å². The lowest BCUT2D eigenvalue weighted by molar-refractivity contribution is 0.0483. The number of nitrogens with zero attached hydrogens (tertiary/aromatic N) is 4. The molecule has 0 fully saturated rings. The van der Waals surface area contributed by atoms with Crippen LogP contribution in [0.4, 0.5) is 0 Å². The first-order valence-corrected chi connectivity index (χ1v) is 19.9. The first-order valence-electron chi connectivity index (χ1n) is 19.9. The number of hydrogen-bond donors (Lipinski definition) is 3. The summed E-state index contributed by atoms with van der Waals surface area (Å²) in [6.07, 6.45) is 6.41. The van der Waals surface area contributed by atoms with Gasteiger partial charge in [0.15, 0.2) is 0 Å². The zero-order valence-corrected chi connectivity index (χ0v) is 33.4. The number of esters is 3. The zero-order chi connectivity index (χ0) is 43.3. The van der Waals surface area contributed by atoms with Gasteiger partial charge in [0.1, 0.15) is 30.4 Å². The van der Waals surface area contributed by atoms with E-state index in [1.54, 1.807) is 6.07 Å². The van der Waals surface area contributed by atoms with E-state index in [0.717, 1.165) is 12.8 Å². The highest BCUT2D eigenvalue weighted by Crippen LogP contribution is 2.29. The number of aliphatic hydroxyl groups excluding tert-OH is 3. The Morgan fingerprint density at radius 3 is 1.27 bits per heavy atom. The minimum absolute atomic E-state index is 0.00668. The highest BCUT2D eigenvalue weighted by molar-refractivity contribution is 5.98. The minimum Gasteiger partial charge on any atom is -0.494 e. The molecule has 59 heavy (non-hydrogen) atoms. The summed E-state index contributed by atoms with van der Waals surface area (Å²) in [7, 11) is 0. The van der Waals surface area contributed by atoms with Crippen molar-refractivity contribution in [3.05, 3.63) is 84.9 Å². The number of hydrogen-bond acceptors (Lipinski definition) is 18. The van der Waals surface area contributed by atoms with Crippen molar-refractivity contribution in [2.45, 2.75) is 102 Å². The largest absolute Gasteiger partial charge is 0.494 e. The lowest BCUT2D eigenvalue weighted by atomic mass is 9.95. The Bertz CT molecular complexity index is 1660. The molecule has 0 bridgehead atoms.